The third kappa shape index (κ3) is 11.5. The van der Waals surface area contributed by atoms with E-state index < -0.39 is 57.3 Å². The minimum Gasteiger partial charge on any atom is -0.497 e. The predicted octanol–water partition coefficient (Wildman–Crippen LogP) is 16.2. The van der Waals surface area contributed by atoms with Crippen molar-refractivity contribution in [3.8, 4) is 39.9 Å². The molecule has 2 saturated heterocycles. The van der Waals surface area contributed by atoms with Crippen molar-refractivity contribution >= 4 is 22.3 Å². The number of benzene rings is 7. The SMILES string of the molecule is COc1ccc(CN(Cc2ccc(OC)cc2)c2cc(C)c(C(F)(F)F)c(-c3cc4c5c(cc(OC[C@@]67CCCN6C[C@]6(CC6(F)F)C7)cc5c3F)C([C@@H](C)c3nccnc3N(Cc3ccc(OC)cc3)Cc3ccc(OC)cc3)CCC4)c2F)cc1. The number of halogens is 7. The molecule has 2 aliphatic carbocycles. The van der Waals surface area contributed by atoms with Crippen molar-refractivity contribution in [3.05, 3.63) is 196 Å². The first kappa shape index (κ1) is 59.3. The molecule has 1 saturated carbocycles. The highest BCUT2D eigenvalue weighted by molar-refractivity contribution is 5.96. The van der Waals surface area contributed by atoms with Gasteiger partial charge in [-0.2, -0.15) is 13.2 Å². The topological polar surface area (TPSA) is 81.7 Å². The van der Waals surface area contributed by atoms with Crippen molar-refractivity contribution in [2.75, 3.05) is 57.9 Å². The Morgan fingerprint density at radius 3 is 1.70 bits per heavy atom. The fraction of sp³-hybridized carbons (Fsp3) is 0.371. The van der Waals surface area contributed by atoms with E-state index in [1.54, 1.807) is 80.0 Å². The van der Waals surface area contributed by atoms with Gasteiger partial charge in [-0.05, 0) is 175 Å². The lowest BCUT2D eigenvalue weighted by atomic mass is 9.80. The third-order valence-corrected chi connectivity index (χ3v) is 18.7. The molecule has 0 bridgehead atoms. The molecule has 3 fully saturated rings. The summed E-state index contributed by atoms with van der Waals surface area (Å²) in [4.78, 5) is 16.0. The molecule has 1 spiro atoms. The normalized spacial score (nSPS) is 19.8. The van der Waals surface area contributed by atoms with E-state index in [1.807, 2.05) is 54.6 Å². The molecule has 454 valence electrons. The molecule has 0 radical (unpaired) electrons. The van der Waals surface area contributed by atoms with Crippen LogP contribution in [0.1, 0.15) is 107 Å². The Morgan fingerprint density at radius 2 is 1.18 bits per heavy atom. The van der Waals surface area contributed by atoms with Gasteiger partial charge in [-0.25, -0.2) is 22.5 Å². The Balaban J connectivity index is 1.01. The van der Waals surface area contributed by atoms with Gasteiger partial charge in [-0.15, -0.1) is 0 Å². The smallest absolute Gasteiger partial charge is 0.417 e. The Hall–Kier alpha value is -8.05. The summed E-state index contributed by atoms with van der Waals surface area (Å²) in [7, 11) is 6.31. The van der Waals surface area contributed by atoms with Crippen molar-refractivity contribution in [2.45, 2.75) is 114 Å². The molecule has 7 aromatic carbocycles. The van der Waals surface area contributed by atoms with Gasteiger partial charge >= 0.3 is 6.18 Å². The van der Waals surface area contributed by atoms with Crippen molar-refractivity contribution in [1.82, 2.24) is 14.9 Å². The maximum absolute atomic E-state index is 18.8. The molecule has 10 nitrogen and oxygen atoms in total. The molecule has 12 rings (SSSR count). The molecule has 0 amide bonds. The van der Waals surface area contributed by atoms with Crippen LogP contribution in [0.25, 0.3) is 21.9 Å². The maximum Gasteiger partial charge on any atom is 0.417 e. The molecule has 0 N–H and O–H groups in total. The van der Waals surface area contributed by atoms with Crippen LogP contribution in [0.15, 0.2) is 134 Å². The zero-order chi connectivity index (χ0) is 61.0. The predicted molar refractivity (Wildman–Crippen MR) is 323 cm³/mol. The fourth-order valence-corrected chi connectivity index (χ4v) is 14.2. The van der Waals surface area contributed by atoms with Crippen molar-refractivity contribution < 1.29 is 54.4 Å². The Bertz CT molecular complexity index is 3710. The number of fused-ring (bicyclic) bond motifs is 1. The Morgan fingerprint density at radius 1 is 0.655 bits per heavy atom. The molecule has 1 aromatic heterocycles. The largest absolute Gasteiger partial charge is 0.497 e. The van der Waals surface area contributed by atoms with Crippen LogP contribution in [0.5, 0.6) is 28.7 Å². The average Bonchev–Trinajstić information content (AvgIpc) is 1.57. The molecule has 87 heavy (non-hydrogen) atoms. The first-order chi connectivity index (χ1) is 41.8. The third-order valence-electron chi connectivity index (χ3n) is 18.7. The summed E-state index contributed by atoms with van der Waals surface area (Å²) in [6.07, 6.45) is 1.08. The van der Waals surface area contributed by atoms with Crippen LogP contribution < -0.4 is 33.5 Å². The highest BCUT2D eigenvalue weighted by Crippen LogP contribution is 2.69. The van der Waals surface area contributed by atoms with Crippen LogP contribution in [-0.2, 0) is 38.8 Å². The summed E-state index contributed by atoms with van der Waals surface area (Å²) in [6, 6.07) is 35.9. The summed E-state index contributed by atoms with van der Waals surface area (Å²) in [5, 5.41) is 0.465. The quantitative estimate of drug-likeness (QED) is 0.0688. The van der Waals surface area contributed by atoms with Gasteiger partial charge in [-0.3, -0.25) is 9.88 Å². The van der Waals surface area contributed by atoms with E-state index in [2.05, 4.69) is 16.7 Å². The number of nitrogens with zero attached hydrogens (tertiary/aromatic N) is 5. The zero-order valence-electron chi connectivity index (χ0n) is 49.7. The molecule has 3 heterocycles. The van der Waals surface area contributed by atoms with E-state index in [0.29, 0.717) is 96.3 Å². The second-order valence-corrected chi connectivity index (χ2v) is 24.1. The number of hydrogen-bond acceptors (Lipinski definition) is 10. The first-order valence-corrected chi connectivity index (χ1v) is 29.6. The number of anilines is 2. The van der Waals surface area contributed by atoms with Gasteiger partial charge in [0.1, 0.15) is 41.2 Å². The van der Waals surface area contributed by atoms with Gasteiger partial charge in [0.2, 0.25) is 0 Å². The van der Waals surface area contributed by atoms with Gasteiger partial charge in [0, 0.05) is 74.0 Å². The van der Waals surface area contributed by atoms with E-state index in [-0.39, 0.29) is 67.4 Å². The average molecular weight is 1190 g/mol. The lowest BCUT2D eigenvalue weighted by Crippen LogP contribution is -2.43. The van der Waals surface area contributed by atoms with Crippen LogP contribution in [0.2, 0.25) is 0 Å². The minimum absolute atomic E-state index is 0.0320. The van der Waals surface area contributed by atoms with Crippen molar-refractivity contribution in [2.24, 2.45) is 5.41 Å². The number of hydrogen-bond donors (Lipinski definition) is 0. The number of rotatable bonds is 20. The highest BCUT2D eigenvalue weighted by Gasteiger charge is 2.77. The first-order valence-electron chi connectivity index (χ1n) is 29.6. The number of aromatic nitrogens is 2. The molecular weight excluding hydrogens is 1120 g/mol. The molecule has 1 unspecified atom stereocenters. The minimum atomic E-state index is -5.12. The van der Waals surface area contributed by atoms with Gasteiger partial charge in [0.05, 0.1) is 56.3 Å². The highest BCUT2D eigenvalue weighted by atomic mass is 19.4. The van der Waals surface area contributed by atoms with E-state index in [0.717, 1.165) is 28.7 Å². The van der Waals surface area contributed by atoms with Crippen LogP contribution in [-0.4, -0.2) is 74.5 Å². The van der Waals surface area contributed by atoms with Gasteiger partial charge in [0.25, 0.3) is 5.92 Å². The summed E-state index contributed by atoms with van der Waals surface area (Å²) in [6.45, 7) is 5.30. The number of aryl methyl sites for hydroxylation is 2. The van der Waals surface area contributed by atoms with Gasteiger partial charge < -0.3 is 33.5 Å². The Labute approximate surface area is 502 Å². The Kier molecular flexibility index (Phi) is 16.1. The molecular formula is C70H70F7N5O5. The lowest BCUT2D eigenvalue weighted by Gasteiger charge is -2.32. The molecule has 4 aliphatic rings. The number of alkyl halides is 5. The van der Waals surface area contributed by atoms with Crippen LogP contribution in [0.3, 0.4) is 0 Å². The lowest BCUT2D eigenvalue weighted by molar-refractivity contribution is -0.137. The standard InChI is InChI=1S/C70H70F7N5O5/c1-43-31-59(80(35-45-11-19-50(83-3)20-12-45)36-46-13-21-51(84-4)22-14-46)64(72)61(62(43)70(75,76)77)57-32-49-9-7-10-55(56-33-54(34-58(60(49)56)63(57)71)87-42-68-27-8-30-82(68)41-67(39-68)40-69(67,73)74)44(2)65-66(79-29-28-78-65)81(37-47-15-23-52(85-5)24-16-47)38-48-17-25-53(86-6)26-18-48/h11-26,28-29,31-34,44,55H,7-10,27,30,35-42H2,1-6H3/t44-,55?,67-,68+/m1/s1. The van der Waals surface area contributed by atoms with Crippen LogP contribution in [0.4, 0.5) is 42.2 Å². The second kappa shape index (κ2) is 23.6. The molecule has 8 aromatic rings. The van der Waals surface area contributed by atoms with E-state index in [1.165, 1.54) is 39.3 Å². The van der Waals surface area contributed by atoms with Crippen LogP contribution >= 0.6 is 0 Å². The van der Waals surface area contributed by atoms with E-state index in [4.69, 9.17) is 33.7 Å². The number of ether oxygens (including phenoxy) is 5. The monoisotopic (exact) mass is 1190 g/mol. The van der Waals surface area contributed by atoms with E-state index in [9.17, 15) is 0 Å². The molecule has 2 aliphatic heterocycles. The maximum atomic E-state index is 18.8. The summed E-state index contributed by atoms with van der Waals surface area (Å²) in [5.74, 6) is -2.40. The zero-order valence-corrected chi connectivity index (χ0v) is 49.7. The van der Waals surface area contributed by atoms with Gasteiger partial charge in [0.15, 0.2) is 11.6 Å². The van der Waals surface area contributed by atoms with Crippen molar-refractivity contribution in [1.29, 1.82) is 0 Å². The second-order valence-electron chi connectivity index (χ2n) is 24.1. The number of methoxy groups -OCH3 is 4. The van der Waals surface area contributed by atoms with Gasteiger partial charge in [-0.1, -0.05) is 55.5 Å². The summed E-state index contributed by atoms with van der Waals surface area (Å²) >= 11 is 0. The van der Waals surface area contributed by atoms with Crippen LogP contribution in [0, 0.1) is 24.0 Å². The van der Waals surface area contributed by atoms with Crippen molar-refractivity contribution in [3.63, 3.8) is 0 Å². The van der Waals surface area contributed by atoms with E-state index >= 15 is 30.7 Å². The summed E-state index contributed by atoms with van der Waals surface area (Å²) in [5.41, 5.74) is 0.347. The fourth-order valence-electron chi connectivity index (χ4n) is 14.2. The molecule has 4 atom stereocenters. The summed E-state index contributed by atoms with van der Waals surface area (Å²) < 4.78 is 144. The molecule has 17 heteroatoms.